The van der Waals surface area contributed by atoms with Gasteiger partial charge in [0, 0.05) is 19.4 Å². The highest BCUT2D eigenvalue weighted by atomic mass is 32.2. The number of rotatable bonds is 8. The molecule has 0 spiro atoms. The van der Waals surface area contributed by atoms with Crippen LogP contribution in [0.3, 0.4) is 0 Å². The Morgan fingerprint density at radius 2 is 2.09 bits per heavy atom. The van der Waals surface area contributed by atoms with Crippen molar-refractivity contribution in [2.24, 2.45) is 10.8 Å². The molecule has 2 unspecified atom stereocenters. The van der Waals surface area contributed by atoms with E-state index < -0.39 is 17.7 Å². The summed E-state index contributed by atoms with van der Waals surface area (Å²) in [6.45, 7) is 9.75. The lowest BCUT2D eigenvalue weighted by molar-refractivity contribution is -0.126. The van der Waals surface area contributed by atoms with E-state index in [1.807, 2.05) is 60.7 Å². The van der Waals surface area contributed by atoms with Gasteiger partial charge >= 0.3 is 6.09 Å². The number of hydrazine groups is 1. The van der Waals surface area contributed by atoms with E-state index in [2.05, 4.69) is 21.6 Å². The summed E-state index contributed by atoms with van der Waals surface area (Å²) in [5.74, 6) is 6.48. The molecule has 4 N–H and O–H groups in total. The number of ether oxygens (including phenoxy) is 1. The monoisotopic (exact) mass is 485 g/mol. The summed E-state index contributed by atoms with van der Waals surface area (Å²) in [5, 5.41) is 3.84. The summed E-state index contributed by atoms with van der Waals surface area (Å²) in [6, 6.07) is 8.47. The first-order chi connectivity index (χ1) is 16.2. The van der Waals surface area contributed by atoms with Crippen molar-refractivity contribution in [1.82, 2.24) is 15.0 Å². The molecule has 2 amide bonds. The first-order valence-electron chi connectivity index (χ1n) is 11.2. The summed E-state index contributed by atoms with van der Waals surface area (Å²) in [7, 11) is 0. The minimum absolute atomic E-state index is 0.134. The zero-order chi connectivity index (χ0) is 25.0. The molecule has 0 saturated heterocycles. The maximum atomic E-state index is 13.0. The van der Waals surface area contributed by atoms with Crippen molar-refractivity contribution in [3.05, 3.63) is 72.9 Å². The second kappa shape index (κ2) is 13.6. The van der Waals surface area contributed by atoms with Crippen LogP contribution in [-0.4, -0.2) is 52.8 Å². The number of nitrogens with one attached hydrogen (secondary N) is 2. The topological polar surface area (TPSA) is 109 Å². The van der Waals surface area contributed by atoms with Crippen LogP contribution in [0.4, 0.5) is 4.79 Å². The lowest BCUT2D eigenvalue weighted by Gasteiger charge is -2.29. The molecule has 1 heterocycles. The van der Waals surface area contributed by atoms with Gasteiger partial charge in [0.25, 0.3) is 0 Å². The number of hydrogen-bond donors (Lipinski definition) is 3. The van der Waals surface area contributed by atoms with Gasteiger partial charge in [0.1, 0.15) is 17.5 Å². The number of amides is 2. The first-order valence-corrected chi connectivity index (χ1v) is 12.1. The normalized spacial score (nSPS) is 20.0. The maximum Gasteiger partial charge on any atom is 0.425 e. The van der Waals surface area contributed by atoms with Crippen LogP contribution in [0, 0.1) is 0 Å². The van der Waals surface area contributed by atoms with Crippen molar-refractivity contribution in [2.75, 3.05) is 13.1 Å². The van der Waals surface area contributed by atoms with Crippen LogP contribution in [0.25, 0.3) is 0 Å². The number of carbonyl (C=O) groups excluding carboxylic acids is 2. The summed E-state index contributed by atoms with van der Waals surface area (Å²) < 4.78 is 8.61. The second-order valence-electron chi connectivity index (χ2n) is 8.65. The number of carbonyl (C=O) groups is 2. The number of aliphatic imine (C=N–C) groups is 1. The standard InChI is InChI=1S/C25H35N5O3S/c1-5-20-14-10-7-11-15-22(29-34-20)27-16-17-28-23(31)21(18-19-12-8-6-9-13-19)30(26)24(32)33-25(2,3)4/h5-14,20-21H,1,15-18,26H2,2-4H3,(H,27,29)(H,28,31)/b11-7-,14-10-. The molecule has 0 bridgehead atoms. The fraction of sp³-hybridized carbons (Fsp3) is 0.400. The Hall–Kier alpha value is -3.04. The van der Waals surface area contributed by atoms with Crippen LogP contribution in [0.2, 0.25) is 0 Å². The maximum absolute atomic E-state index is 13.0. The molecule has 2 atom stereocenters. The zero-order valence-electron chi connectivity index (χ0n) is 20.1. The van der Waals surface area contributed by atoms with E-state index in [0.717, 1.165) is 16.4 Å². The Labute approximate surface area is 206 Å². The number of hydrogen-bond acceptors (Lipinski definition) is 6. The van der Waals surface area contributed by atoms with Crippen molar-refractivity contribution >= 4 is 29.8 Å². The van der Waals surface area contributed by atoms with Crippen molar-refractivity contribution < 1.29 is 14.3 Å². The first kappa shape index (κ1) is 27.2. The van der Waals surface area contributed by atoms with Crippen molar-refractivity contribution in [1.29, 1.82) is 0 Å². The van der Waals surface area contributed by atoms with E-state index in [1.54, 1.807) is 20.8 Å². The molecule has 1 aliphatic heterocycles. The number of nitrogens with zero attached hydrogens (tertiary/aromatic N) is 2. The minimum atomic E-state index is -0.925. The van der Waals surface area contributed by atoms with E-state index in [0.29, 0.717) is 19.5 Å². The van der Waals surface area contributed by atoms with Gasteiger partial charge in [-0.1, -0.05) is 60.7 Å². The molecule has 1 aromatic rings. The van der Waals surface area contributed by atoms with E-state index in [9.17, 15) is 9.59 Å². The molecular formula is C25H35N5O3S. The number of nitrogens with two attached hydrogens (primary N) is 1. The van der Waals surface area contributed by atoms with E-state index >= 15 is 0 Å². The smallest absolute Gasteiger partial charge is 0.425 e. The molecule has 34 heavy (non-hydrogen) atoms. The molecule has 0 fully saturated rings. The summed E-state index contributed by atoms with van der Waals surface area (Å²) in [4.78, 5) is 30.1. The van der Waals surface area contributed by atoms with Crippen LogP contribution < -0.4 is 15.9 Å². The number of benzene rings is 1. The highest BCUT2D eigenvalue weighted by Gasteiger charge is 2.31. The van der Waals surface area contributed by atoms with Gasteiger partial charge < -0.3 is 14.8 Å². The van der Waals surface area contributed by atoms with Crippen LogP contribution in [0.15, 0.2) is 72.3 Å². The van der Waals surface area contributed by atoms with Gasteiger partial charge in [-0.3, -0.25) is 9.79 Å². The van der Waals surface area contributed by atoms with E-state index in [4.69, 9.17) is 10.6 Å². The lowest BCUT2D eigenvalue weighted by Crippen LogP contribution is -2.55. The fourth-order valence-electron chi connectivity index (χ4n) is 2.96. The summed E-state index contributed by atoms with van der Waals surface area (Å²) in [6.07, 6.45) is 10.0. The Balaban J connectivity index is 2.00. The highest BCUT2D eigenvalue weighted by molar-refractivity contribution is 7.98. The average molecular weight is 486 g/mol. The average Bonchev–Trinajstić information content (AvgIpc) is 2.91. The van der Waals surface area contributed by atoms with Gasteiger partial charge in [-0.25, -0.2) is 15.6 Å². The van der Waals surface area contributed by atoms with Crippen LogP contribution in [0.1, 0.15) is 32.8 Å². The SMILES string of the molecule is C=CC1/C=C\C=C/CC(=NCCNC(=O)C(Cc2ccccc2)N(N)C(=O)OC(C)(C)C)NS1. The molecular weight excluding hydrogens is 450 g/mol. The lowest BCUT2D eigenvalue weighted by atomic mass is 10.0. The molecule has 184 valence electrons. The Morgan fingerprint density at radius 3 is 2.76 bits per heavy atom. The fourth-order valence-corrected chi connectivity index (χ4v) is 3.64. The van der Waals surface area contributed by atoms with Crippen molar-refractivity contribution in [3.8, 4) is 0 Å². The zero-order valence-corrected chi connectivity index (χ0v) is 20.9. The molecule has 0 aromatic heterocycles. The third kappa shape index (κ3) is 9.84. The van der Waals surface area contributed by atoms with Crippen LogP contribution in [0.5, 0.6) is 0 Å². The summed E-state index contributed by atoms with van der Waals surface area (Å²) >= 11 is 1.51. The Bertz CT molecular complexity index is 909. The second-order valence-corrected chi connectivity index (χ2v) is 9.63. The molecule has 2 rings (SSSR count). The van der Waals surface area contributed by atoms with E-state index in [1.165, 1.54) is 11.9 Å². The highest BCUT2D eigenvalue weighted by Crippen LogP contribution is 2.14. The predicted octanol–water partition coefficient (Wildman–Crippen LogP) is 3.53. The molecule has 9 heteroatoms. The van der Waals surface area contributed by atoms with E-state index in [-0.39, 0.29) is 17.6 Å². The third-order valence-electron chi connectivity index (χ3n) is 4.63. The van der Waals surface area contributed by atoms with Crippen LogP contribution >= 0.6 is 11.9 Å². The Morgan fingerprint density at radius 1 is 1.35 bits per heavy atom. The summed E-state index contributed by atoms with van der Waals surface area (Å²) in [5.41, 5.74) is 0.153. The molecule has 1 aliphatic rings. The predicted molar refractivity (Wildman–Crippen MR) is 139 cm³/mol. The molecule has 0 aliphatic carbocycles. The minimum Gasteiger partial charge on any atom is -0.443 e. The van der Waals surface area contributed by atoms with Gasteiger partial charge in [-0.05, 0) is 38.3 Å². The van der Waals surface area contributed by atoms with Crippen molar-refractivity contribution in [3.63, 3.8) is 0 Å². The van der Waals surface area contributed by atoms with Gasteiger partial charge in [0.15, 0.2) is 0 Å². The third-order valence-corrected chi connectivity index (χ3v) is 5.61. The quantitative estimate of drug-likeness (QED) is 0.130. The largest absolute Gasteiger partial charge is 0.443 e. The molecule has 0 saturated carbocycles. The Kier molecular flexibility index (Phi) is 10.9. The van der Waals surface area contributed by atoms with Gasteiger partial charge in [-0.2, -0.15) is 0 Å². The molecule has 8 nitrogen and oxygen atoms in total. The number of allylic oxidation sites excluding steroid dienone is 2. The molecule has 0 radical (unpaired) electrons. The van der Waals surface area contributed by atoms with Crippen LogP contribution in [-0.2, 0) is 16.0 Å². The van der Waals surface area contributed by atoms with Gasteiger partial charge in [-0.15, -0.1) is 6.58 Å². The van der Waals surface area contributed by atoms with Gasteiger partial charge in [0.2, 0.25) is 5.91 Å². The number of amidine groups is 1. The molecule has 1 aromatic carbocycles. The van der Waals surface area contributed by atoms with Crippen molar-refractivity contribution in [2.45, 2.75) is 50.5 Å². The van der Waals surface area contributed by atoms with Gasteiger partial charge in [0.05, 0.1) is 11.8 Å².